The summed E-state index contributed by atoms with van der Waals surface area (Å²) in [6.45, 7) is 9.06. The molecule has 2 aliphatic rings. The van der Waals surface area contributed by atoms with E-state index < -0.39 is 0 Å². The van der Waals surface area contributed by atoms with E-state index in [9.17, 15) is 0 Å². The summed E-state index contributed by atoms with van der Waals surface area (Å²) in [5, 5.41) is 0. The van der Waals surface area contributed by atoms with Gasteiger partial charge in [-0.05, 0) is 24.6 Å². The Balaban J connectivity index is 1.21. The maximum Gasteiger partial charge on any atom is 0.225 e. The van der Waals surface area contributed by atoms with Gasteiger partial charge in [-0.15, -0.1) is 0 Å². The van der Waals surface area contributed by atoms with Crippen molar-refractivity contribution in [3.05, 3.63) is 83.2 Å². The summed E-state index contributed by atoms with van der Waals surface area (Å²) >= 11 is 0. The molecule has 0 radical (unpaired) electrons. The van der Waals surface area contributed by atoms with Crippen LogP contribution in [0.5, 0.6) is 0 Å². The van der Waals surface area contributed by atoms with Gasteiger partial charge in [0.05, 0.1) is 5.69 Å². The molecule has 0 aliphatic carbocycles. The average molecular weight is 400 g/mol. The Labute approximate surface area is 179 Å². The minimum Gasteiger partial charge on any atom is -0.368 e. The zero-order chi connectivity index (χ0) is 20.3. The van der Waals surface area contributed by atoms with Crippen LogP contribution in [0, 0.1) is 6.92 Å². The van der Waals surface area contributed by atoms with Crippen LogP contribution in [-0.4, -0.2) is 47.6 Å². The van der Waals surface area contributed by atoms with Crippen LogP contribution in [0.15, 0.2) is 60.8 Å². The van der Waals surface area contributed by atoms with Gasteiger partial charge < -0.3 is 9.80 Å². The summed E-state index contributed by atoms with van der Waals surface area (Å²) in [6.07, 6.45) is 3.06. The van der Waals surface area contributed by atoms with E-state index in [0.29, 0.717) is 0 Å². The van der Waals surface area contributed by atoms with Gasteiger partial charge in [-0.25, -0.2) is 9.97 Å². The first-order valence-corrected chi connectivity index (χ1v) is 10.9. The average Bonchev–Trinajstić information content (AvgIpc) is 2.81. The number of anilines is 2. The molecule has 2 aliphatic heterocycles. The van der Waals surface area contributed by atoms with E-state index in [1.165, 1.54) is 28.1 Å². The van der Waals surface area contributed by atoms with Crippen molar-refractivity contribution in [2.75, 3.05) is 42.5 Å². The second-order valence-electron chi connectivity index (χ2n) is 8.40. The molecule has 3 aromatic rings. The van der Waals surface area contributed by atoms with Gasteiger partial charge in [0, 0.05) is 69.7 Å². The second kappa shape index (κ2) is 8.44. The molecule has 1 saturated heterocycles. The van der Waals surface area contributed by atoms with Crippen LogP contribution in [0.4, 0.5) is 11.6 Å². The molecular formula is C25H29N5. The van der Waals surface area contributed by atoms with Crippen LogP contribution in [0.3, 0.4) is 0 Å². The third-order valence-electron chi connectivity index (χ3n) is 6.21. The van der Waals surface area contributed by atoms with Gasteiger partial charge in [-0.1, -0.05) is 48.0 Å². The van der Waals surface area contributed by atoms with Crippen molar-refractivity contribution in [2.24, 2.45) is 0 Å². The largest absolute Gasteiger partial charge is 0.368 e. The van der Waals surface area contributed by atoms with Gasteiger partial charge in [0.15, 0.2) is 0 Å². The maximum absolute atomic E-state index is 4.96. The van der Waals surface area contributed by atoms with Gasteiger partial charge in [-0.3, -0.25) is 4.90 Å². The fourth-order valence-corrected chi connectivity index (χ4v) is 4.41. The lowest BCUT2D eigenvalue weighted by Crippen LogP contribution is -2.47. The number of rotatable bonds is 4. The summed E-state index contributed by atoms with van der Waals surface area (Å²) in [4.78, 5) is 17.0. The topological polar surface area (TPSA) is 35.5 Å². The minimum atomic E-state index is 0.897. The molecule has 0 spiro atoms. The maximum atomic E-state index is 4.96. The molecule has 2 aromatic carbocycles. The zero-order valence-electron chi connectivity index (χ0n) is 17.7. The summed E-state index contributed by atoms with van der Waals surface area (Å²) in [5.41, 5.74) is 6.49. The summed E-state index contributed by atoms with van der Waals surface area (Å²) < 4.78 is 0. The van der Waals surface area contributed by atoms with Gasteiger partial charge in [0.25, 0.3) is 0 Å². The highest BCUT2D eigenvalue weighted by Crippen LogP contribution is 2.22. The van der Waals surface area contributed by atoms with Crippen molar-refractivity contribution in [1.29, 1.82) is 0 Å². The number of hydrogen-bond donors (Lipinski definition) is 0. The van der Waals surface area contributed by atoms with E-state index in [1.807, 2.05) is 0 Å². The predicted octanol–water partition coefficient (Wildman–Crippen LogP) is 3.67. The van der Waals surface area contributed by atoms with Crippen molar-refractivity contribution < 1.29 is 0 Å². The second-order valence-corrected chi connectivity index (χ2v) is 8.40. The predicted molar refractivity (Wildman–Crippen MR) is 122 cm³/mol. The summed E-state index contributed by atoms with van der Waals surface area (Å²) in [7, 11) is 0. The Morgan fingerprint density at radius 1 is 0.833 bits per heavy atom. The molecule has 1 aromatic heterocycles. The van der Waals surface area contributed by atoms with Crippen LogP contribution in [0.2, 0.25) is 0 Å². The van der Waals surface area contributed by atoms with Gasteiger partial charge in [-0.2, -0.15) is 0 Å². The van der Waals surface area contributed by atoms with Crippen LogP contribution in [-0.2, 0) is 19.5 Å². The Morgan fingerprint density at radius 2 is 1.57 bits per heavy atom. The molecule has 5 rings (SSSR count). The fourth-order valence-electron chi connectivity index (χ4n) is 4.41. The lowest BCUT2D eigenvalue weighted by atomic mass is 10.1. The Morgan fingerprint density at radius 3 is 2.33 bits per heavy atom. The van der Waals surface area contributed by atoms with Crippen molar-refractivity contribution in [3.8, 4) is 0 Å². The van der Waals surface area contributed by atoms with Crippen molar-refractivity contribution in [2.45, 2.75) is 26.4 Å². The van der Waals surface area contributed by atoms with Crippen LogP contribution >= 0.6 is 0 Å². The Bertz CT molecular complexity index is 978. The van der Waals surface area contributed by atoms with E-state index in [0.717, 1.165) is 58.2 Å². The third-order valence-corrected chi connectivity index (χ3v) is 6.21. The third kappa shape index (κ3) is 4.17. The van der Waals surface area contributed by atoms with E-state index >= 15 is 0 Å². The quantitative estimate of drug-likeness (QED) is 0.669. The first-order chi connectivity index (χ1) is 14.7. The lowest BCUT2D eigenvalue weighted by Gasteiger charge is -2.36. The number of aryl methyl sites for hydroxylation is 1. The molecule has 1 fully saturated rings. The normalized spacial score (nSPS) is 17.1. The number of piperazine rings is 1. The summed E-state index contributed by atoms with van der Waals surface area (Å²) in [5.74, 6) is 0.897. The monoisotopic (exact) mass is 399 g/mol. The van der Waals surface area contributed by atoms with Gasteiger partial charge in [0.1, 0.15) is 0 Å². The molecule has 0 unspecified atom stereocenters. The Kier molecular flexibility index (Phi) is 5.37. The van der Waals surface area contributed by atoms with Crippen LogP contribution in [0.25, 0.3) is 0 Å². The SMILES string of the molecule is Cc1ccc(CN2CCc3nc(N4CCN(c5ccccc5)CC4)ncc3C2)cc1. The molecule has 154 valence electrons. The van der Waals surface area contributed by atoms with Crippen LogP contribution < -0.4 is 9.80 Å². The highest BCUT2D eigenvalue weighted by Gasteiger charge is 2.23. The first-order valence-electron chi connectivity index (χ1n) is 10.9. The number of para-hydroxylation sites is 1. The van der Waals surface area contributed by atoms with E-state index in [4.69, 9.17) is 9.97 Å². The van der Waals surface area contributed by atoms with Gasteiger partial charge >= 0.3 is 0 Å². The number of fused-ring (bicyclic) bond motifs is 1. The van der Waals surface area contributed by atoms with Gasteiger partial charge in [0.2, 0.25) is 5.95 Å². The molecule has 0 amide bonds. The smallest absolute Gasteiger partial charge is 0.225 e. The van der Waals surface area contributed by atoms with E-state index in [-0.39, 0.29) is 0 Å². The van der Waals surface area contributed by atoms with Crippen molar-refractivity contribution >= 4 is 11.6 Å². The standard InChI is InChI=1S/C25H29N5/c1-20-7-9-21(10-8-20)18-28-12-11-24-22(19-28)17-26-25(27-24)30-15-13-29(14-16-30)23-5-3-2-4-6-23/h2-10,17H,11-16,18-19H2,1H3. The molecule has 30 heavy (non-hydrogen) atoms. The molecule has 0 N–H and O–H groups in total. The Hall–Kier alpha value is -2.92. The molecule has 0 bridgehead atoms. The zero-order valence-corrected chi connectivity index (χ0v) is 17.7. The number of hydrogen-bond acceptors (Lipinski definition) is 5. The van der Waals surface area contributed by atoms with Crippen molar-refractivity contribution in [3.63, 3.8) is 0 Å². The lowest BCUT2D eigenvalue weighted by molar-refractivity contribution is 0.243. The summed E-state index contributed by atoms with van der Waals surface area (Å²) in [6, 6.07) is 19.5. The number of nitrogens with zero attached hydrogens (tertiary/aromatic N) is 5. The highest BCUT2D eigenvalue weighted by atomic mass is 15.3. The molecular weight excluding hydrogens is 370 g/mol. The van der Waals surface area contributed by atoms with Crippen molar-refractivity contribution in [1.82, 2.24) is 14.9 Å². The van der Waals surface area contributed by atoms with E-state index in [1.54, 1.807) is 0 Å². The minimum absolute atomic E-state index is 0.897. The molecule has 5 heteroatoms. The molecule has 0 atom stereocenters. The van der Waals surface area contributed by atoms with E-state index in [2.05, 4.69) is 82.4 Å². The highest BCUT2D eigenvalue weighted by molar-refractivity contribution is 5.48. The molecule has 0 saturated carbocycles. The van der Waals surface area contributed by atoms with Crippen LogP contribution in [0.1, 0.15) is 22.4 Å². The first kappa shape index (κ1) is 19.1. The fraction of sp³-hybridized carbons (Fsp3) is 0.360. The number of aromatic nitrogens is 2. The number of benzene rings is 2. The molecule has 5 nitrogen and oxygen atoms in total. The molecule has 3 heterocycles.